The van der Waals surface area contributed by atoms with Crippen molar-refractivity contribution in [3.05, 3.63) is 95.6 Å². The number of aromatic nitrogens is 1. The lowest BCUT2D eigenvalue weighted by Gasteiger charge is -2.10. The zero-order valence-corrected chi connectivity index (χ0v) is 16.3. The summed E-state index contributed by atoms with van der Waals surface area (Å²) >= 11 is 5.90. The Hall–Kier alpha value is -2.91. The summed E-state index contributed by atoms with van der Waals surface area (Å²) < 4.78 is 14.1. The molecule has 0 amide bonds. The first-order valence-corrected chi connectivity index (χ1v) is 9.80. The maximum Gasteiger partial charge on any atom is 0.129 e. The summed E-state index contributed by atoms with van der Waals surface area (Å²) in [5.41, 5.74) is 2.34. The van der Waals surface area contributed by atoms with E-state index in [2.05, 4.69) is 35.0 Å². The molecule has 0 unspecified atom stereocenters. The average Bonchev–Trinajstić information content (AvgIpc) is 3.15. The molecule has 0 saturated heterocycles. The minimum atomic E-state index is 0.570. The Morgan fingerprint density at radius 3 is 2.43 bits per heavy atom. The molecule has 3 aromatic carbocycles. The third kappa shape index (κ3) is 4.49. The van der Waals surface area contributed by atoms with Crippen LogP contribution in [0, 0.1) is 0 Å². The molecule has 0 bridgehead atoms. The standard InChI is InChI=1S/C24H22ClNO2/c25-20-10-12-21(13-11-20)27-17-5-15-26-16-14-22-23(26)8-4-9-24(22)28-18-19-6-2-1-3-7-19/h1-4,6-14,16H,5,15,17-18H2. The molecule has 0 aliphatic heterocycles. The molecule has 4 heteroatoms. The molecule has 142 valence electrons. The smallest absolute Gasteiger partial charge is 0.129 e. The van der Waals surface area contributed by atoms with Gasteiger partial charge in [-0.15, -0.1) is 0 Å². The number of nitrogens with zero attached hydrogens (tertiary/aromatic N) is 1. The Morgan fingerprint density at radius 2 is 1.61 bits per heavy atom. The summed E-state index contributed by atoms with van der Waals surface area (Å²) in [6, 6.07) is 26.0. The summed E-state index contributed by atoms with van der Waals surface area (Å²) in [4.78, 5) is 0. The van der Waals surface area contributed by atoms with Crippen LogP contribution in [0.15, 0.2) is 85.1 Å². The van der Waals surface area contributed by atoms with Crippen LogP contribution in [0.1, 0.15) is 12.0 Å². The Kier molecular flexibility index (Phi) is 5.83. The largest absolute Gasteiger partial charge is 0.494 e. The number of halogens is 1. The molecule has 0 spiro atoms. The van der Waals surface area contributed by atoms with Crippen LogP contribution in [-0.2, 0) is 13.2 Å². The van der Waals surface area contributed by atoms with Gasteiger partial charge in [0.25, 0.3) is 0 Å². The normalized spacial score (nSPS) is 10.9. The van der Waals surface area contributed by atoms with Gasteiger partial charge >= 0.3 is 0 Å². The second-order valence-corrected chi connectivity index (χ2v) is 7.06. The summed E-state index contributed by atoms with van der Waals surface area (Å²) in [6.45, 7) is 2.12. The molecule has 0 N–H and O–H groups in total. The third-order valence-corrected chi connectivity index (χ3v) is 4.89. The van der Waals surface area contributed by atoms with Gasteiger partial charge in [-0.1, -0.05) is 48.0 Å². The number of benzene rings is 3. The zero-order chi connectivity index (χ0) is 19.2. The molecule has 0 radical (unpaired) electrons. The van der Waals surface area contributed by atoms with Crippen molar-refractivity contribution in [2.45, 2.75) is 19.6 Å². The van der Waals surface area contributed by atoms with Crippen molar-refractivity contribution in [1.82, 2.24) is 4.57 Å². The van der Waals surface area contributed by atoms with Crippen LogP contribution < -0.4 is 9.47 Å². The lowest BCUT2D eigenvalue weighted by atomic mass is 10.2. The number of fused-ring (bicyclic) bond motifs is 1. The highest BCUT2D eigenvalue weighted by atomic mass is 35.5. The highest BCUT2D eigenvalue weighted by Gasteiger charge is 2.07. The molecular weight excluding hydrogens is 370 g/mol. The predicted molar refractivity (Wildman–Crippen MR) is 114 cm³/mol. The van der Waals surface area contributed by atoms with E-state index in [1.807, 2.05) is 54.6 Å². The van der Waals surface area contributed by atoms with Crippen molar-refractivity contribution >= 4 is 22.5 Å². The van der Waals surface area contributed by atoms with E-state index in [0.29, 0.717) is 13.2 Å². The maximum absolute atomic E-state index is 6.06. The number of rotatable bonds is 8. The fraction of sp³-hybridized carbons (Fsp3) is 0.167. The minimum Gasteiger partial charge on any atom is -0.494 e. The number of hydrogen-bond acceptors (Lipinski definition) is 2. The van der Waals surface area contributed by atoms with Crippen LogP contribution >= 0.6 is 11.6 Å². The molecule has 0 aliphatic rings. The fourth-order valence-electron chi connectivity index (χ4n) is 3.21. The molecule has 4 aromatic rings. The third-order valence-electron chi connectivity index (χ3n) is 4.64. The van der Waals surface area contributed by atoms with E-state index in [1.165, 1.54) is 11.1 Å². The Labute approximate surface area is 170 Å². The minimum absolute atomic E-state index is 0.570. The Bertz CT molecular complexity index is 1030. The Balaban J connectivity index is 1.36. The van der Waals surface area contributed by atoms with Gasteiger partial charge in [-0.25, -0.2) is 0 Å². The van der Waals surface area contributed by atoms with Crippen LogP contribution in [0.25, 0.3) is 10.9 Å². The summed E-state index contributed by atoms with van der Waals surface area (Å²) in [7, 11) is 0. The van der Waals surface area contributed by atoms with Gasteiger partial charge in [0.2, 0.25) is 0 Å². The molecule has 0 atom stereocenters. The molecule has 4 rings (SSSR count). The van der Waals surface area contributed by atoms with Crippen molar-refractivity contribution in [2.24, 2.45) is 0 Å². The number of ether oxygens (including phenoxy) is 2. The van der Waals surface area contributed by atoms with Crippen LogP contribution in [0.2, 0.25) is 5.02 Å². The summed E-state index contributed by atoms with van der Waals surface area (Å²) in [6.07, 6.45) is 3.03. The van der Waals surface area contributed by atoms with E-state index in [9.17, 15) is 0 Å². The fourth-order valence-corrected chi connectivity index (χ4v) is 3.33. The zero-order valence-electron chi connectivity index (χ0n) is 15.6. The molecule has 0 fully saturated rings. The Morgan fingerprint density at radius 1 is 0.786 bits per heavy atom. The average molecular weight is 392 g/mol. The van der Waals surface area contributed by atoms with E-state index >= 15 is 0 Å². The quantitative estimate of drug-likeness (QED) is 0.327. The van der Waals surface area contributed by atoms with Crippen molar-refractivity contribution in [3.63, 3.8) is 0 Å². The SMILES string of the molecule is Clc1ccc(OCCCn2ccc3c(OCc4ccccc4)cccc32)cc1. The summed E-state index contributed by atoms with van der Waals surface area (Å²) in [5.74, 6) is 1.76. The lowest BCUT2D eigenvalue weighted by Crippen LogP contribution is -2.03. The monoisotopic (exact) mass is 391 g/mol. The molecule has 1 heterocycles. The van der Waals surface area contributed by atoms with Gasteiger partial charge in [0.1, 0.15) is 18.1 Å². The van der Waals surface area contributed by atoms with Crippen molar-refractivity contribution in [2.75, 3.05) is 6.61 Å². The van der Waals surface area contributed by atoms with Crippen LogP contribution in [0.4, 0.5) is 0 Å². The van der Waals surface area contributed by atoms with E-state index in [0.717, 1.165) is 34.9 Å². The molecule has 0 saturated carbocycles. The van der Waals surface area contributed by atoms with Gasteiger partial charge in [-0.3, -0.25) is 0 Å². The predicted octanol–water partition coefficient (Wildman–Crippen LogP) is 6.34. The lowest BCUT2D eigenvalue weighted by molar-refractivity contribution is 0.302. The van der Waals surface area contributed by atoms with Gasteiger partial charge < -0.3 is 14.0 Å². The topological polar surface area (TPSA) is 23.4 Å². The van der Waals surface area contributed by atoms with Crippen LogP contribution in [0.5, 0.6) is 11.5 Å². The van der Waals surface area contributed by atoms with E-state index in [4.69, 9.17) is 21.1 Å². The van der Waals surface area contributed by atoms with Gasteiger partial charge in [0, 0.05) is 23.2 Å². The highest BCUT2D eigenvalue weighted by molar-refractivity contribution is 6.30. The number of aryl methyl sites for hydroxylation is 1. The van der Waals surface area contributed by atoms with E-state index in [1.54, 1.807) is 0 Å². The van der Waals surface area contributed by atoms with Gasteiger partial charge in [0.05, 0.1) is 12.1 Å². The maximum atomic E-state index is 6.06. The second-order valence-electron chi connectivity index (χ2n) is 6.63. The first kappa shape index (κ1) is 18.5. The number of hydrogen-bond donors (Lipinski definition) is 0. The van der Waals surface area contributed by atoms with Crippen LogP contribution in [0.3, 0.4) is 0 Å². The summed E-state index contributed by atoms with van der Waals surface area (Å²) in [5, 5.41) is 1.86. The van der Waals surface area contributed by atoms with Crippen molar-refractivity contribution in [1.29, 1.82) is 0 Å². The van der Waals surface area contributed by atoms with E-state index < -0.39 is 0 Å². The van der Waals surface area contributed by atoms with E-state index in [-0.39, 0.29) is 0 Å². The van der Waals surface area contributed by atoms with Gasteiger partial charge in [-0.2, -0.15) is 0 Å². The molecule has 28 heavy (non-hydrogen) atoms. The van der Waals surface area contributed by atoms with Crippen LogP contribution in [-0.4, -0.2) is 11.2 Å². The second kappa shape index (κ2) is 8.85. The first-order valence-electron chi connectivity index (χ1n) is 9.42. The van der Waals surface area contributed by atoms with Gasteiger partial charge in [-0.05, 0) is 54.4 Å². The van der Waals surface area contributed by atoms with Gasteiger partial charge in [0.15, 0.2) is 0 Å². The van der Waals surface area contributed by atoms with Crippen molar-refractivity contribution < 1.29 is 9.47 Å². The van der Waals surface area contributed by atoms with Crippen molar-refractivity contribution in [3.8, 4) is 11.5 Å². The molecule has 1 aromatic heterocycles. The molecular formula is C24H22ClNO2. The molecule has 0 aliphatic carbocycles. The first-order chi connectivity index (χ1) is 13.8. The highest BCUT2D eigenvalue weighted by Crippen LogP contribution is 2.27. The molecule has 3 nitrogen and oxygen atoms in total.